The molecule has 0 spiro atoms. The molecule has 0 N–H and O–H groups in total. The third-order valence-electron chi connectivity index (χ3n) is 2.97. The Labute approximate surface area is 126 Å². The van der Waals surface area contributed by atoms with Gasteiger partial charge in [-0.05, 0) is 52.9 Å². The summed E-state index contributed by atoms with van der Waals surface area (Å²) in [6.45, 7) is 0. The molecule has 0 unspecified atom stereocenters. The molecule has 0 aliphatic carbocycles. The molecule has 0 saturated carbocycles. The summed E-state index contributed by atoms with van der Waals surface area (Å²) in [6.07, 6.45) is 1.48. The first-order chi connectivity index (χ1) is 10.8. The van der Waals surface area contributed by atoms with Crippen molar-refractivity contribution in [1.29, 1.82) is 0 Å². The second kappa shape index (κ2) is 6.04. The van der Waals surface area contributed by atoms with Crippen LogP contribution in [-0.2, 0) is 0 Å². The van der Waals surface area contributed by atoms with Crippen LogP contribution in [0.25, 0.3) is 5.69 Å². The topological polar surface area (TPSA) is 79.1 Å². The van der Waals surface area contributed by atoms with E-state index in [-0.39, 0.29) is 0 Å². The van der Waals surface area contributed by atoms with Gasteiger partial charge in [0.2, 0.25) is 0 Å². The van der Waals surface area contributed by atoms with Crippen molar-refractivity contribution in [2.45, 2.75) is 0 Å². The molecule has 7 heteroatoms. The zero-order valence-corrected chi connectivity index (χ0v) is 11.7. The minimum atomic E-state index is -0.450. The maximum Gasteiger partial charge on any atom is 0.343 e. The van der Waals surface area contributed by atoms with Crippen molar-refractivity contribution in [3.63, 3.8) is 0 Å². The van der Waals surface area contributed by atoms with Crippen LogP contribution in [0.1, 0.15) is 10.4 Å². The van der Waals surface area contributed by atoms with Crippen molar-refractivity contribution in [3.8, 4) is 17.2 Å². The van der Waals surface area contributed by atoms with Crippen LogP contribution >= 0.6 is 0 Å². The van der Waals surface area contributed by atoms with Crippen molar-refractivity contribution >= 4 is 5.97 Å². The molecule has 0 atom stereocenters. The van der Waals surface area contributed by atoms with Gasteiger partial charge in [-0.2, -0.15) is 0 Å². The highest BCUT2D eigenvalue weighted by atomic mass is 16.5. The number of aromatic nitrogens is 4. The normalized spacial score (nSPS) is 10.2. The first kappa shape index (κ1) is 13.7. The number of hydrogen-bond acceptors (Lipinski definition) is 6. The smallest absolute Gasteiger partial charge is 0.343 e. The van der Waals surface area contributed by atoms with Crippen molar-refractivity contribution in [2.75, 3.05) is 7.11 Å². The number of carbonyl (C=O) groups excluding carboxylic acids is 1. The fourth-order valence-corrected chi connectivity index (χ4v) is 1.86. The molecule has 0 radical (unpaired) electrons. The van der Waals surface area contributed by atoms with E-state index in [2.05, 4.69) is 15.5 Å². The Balaban J connectivity index is 1.74. The average molecular weight is 296 g/mol. The molecule has 22 heavy (non-hydrogen) atoms. The van der Waals surface area contributed by atoms with Crippen molar-refractivity contribution in [2.24, 2.45) is 0 Å². The number of methoxy groups -OCH3 is 1. The zero-order valence-electron chi connectivity index (χ0n) is 11.7. The third kappa shape index (κ3) is 2.93. The molecule has 0 saturated heterocycles. The highest BCUT2D eigenvalue weighted by Gasteiger charge is 2.09. The Morgan fingerprint density at radius 3 is 2.59 bits per heavy atom. The van der Waals surface area contributed by atoms with E-state index in [0.29, 0.717) is 17.1 Å². The highest BCUT2D eigenvalue weighted by molar-refractivity contribution is 5.91. The molecule has 0 bridgehead atoms. The molecule has 0 fully saturated rings. The van der Waals surface area contributed by atoms with Crippen LogP contribution in [0, 0.1) is 0 Å². The summed E-state index contributed by atoms with van der Waals surface area (Å²) in [5, 5.41) is 10.9. The van der Waals surface area contributed by atoms with Gasteiger partial charge in [-0.1, -0.05) is 6.07 Å². The lowest BCUT2D eigenvalue weighted by Crippen LogP contribution is -2.08. The lowest BCUT2D eigenvalue weighted by Gasteiger charge is -2.06. The van der Waals surface area contributed by atoms with E-state index >= 15 is 0 Å². The predicted molar refractivity (Wildman–Crippen MR) is 77.1 cm³/mol. The molecule has 3 rings (SSSR count). The van der Waals surface area contributed by atoms with E-state index in [1.165, 1.54) is 11.0 Å². The van der Waals surface area contributed by atoms with Crippen LogP contribution in [0.3, 0.4) is 0 Å². The molecular formula is C15H12N4O3. The number of tetrazole rings is 1. The van der Waals surface area contributed by atoms with Crippen LogP contribution < -0.4 is 9.47 Å². The van der Waals surface area contributed by atoms with E-state index in [9.17, 15) is 4.79 Å². The van der Waals surface area contributed by atoms with Crippen LogP contribution in [0.2, 0.25) is 0 Å². The standard InChI is InChI=1S/C15H12N4O3/c1-21-14-4-2-3-11(9-14)15(20)22-13-7-5-12(6-8-13)19-10-16-17-18-19/h2-10H,1H3. The van der Waals surface area contributed by atoms with Crippen molar-refractivity contribution < 1.29 is 14.3 Å². The summed E-state index contributed by atoms with van der Waals surface area (Å²) in [5.74, 6) is 0.585. The van der Waals surface area contributed by atoms with E-state index in [0.717, 1.165) is 5.69 Å². The van der Waals surface area contributed by atoms with Gasteiger partial charge in [0.25, 0.3) is 0 Å². The predicted octanol–water partition coefficient (Wildman–Crippen LogP) is 1.89. The van der Waals surface area contributed by atoms with Gasteiger partial charge in [0.1, 0.15) is 17.8 Å². The van der Waals surface area contributed by atoms with E-state index in [4.69, 9.17) is 9.47 Å². The Bertz CT molecular complexity index is 770. The Morgan fingerprint density at radius 2 is 1.91 bits per heavy atom. The molecule has 7 nitrogen and oxygen atoms in total. The van der Waals surface area contributed by atoms with Gasteiger partial charge >= 0.3 is 5.97 Å². The quantitative estimate of drug-likeness (QED) is 0.540. The molecule has 3 aromatic rings. The minimum Gasteiger partial charge on any atom is -0.497 e. The van der Waals surface area contributed by atoms with Crippen LogP contribution in [0.15, 0.2) is 54.9 Å². The second-order valence-corrected chi connectivity index (χ2v) is 4.37. The number of hydrogen-bond donors (Lipinski definition) is 0. The van der Waals surface area contributed by atoms with Gasteiger partial charge in [-0.25, -0.2) is 9.48 Å². The monoisotopic (exact) mass is 296 g/mol. The molecular weight excluding hydrogens is 284 g/mol. The van der Waals surface area contributed by atoms with Gasteiger partial charge in [-0.3, -0.25) is 0 Å². The third-order valence-corrected chi connectivity index (χ3v) is 2.97. The maximum absolute atomic E-state index is 12.1. The van der Waals surface area contributed by atoms with Crippen molar-refractivity contribution in [1.82, 2.24) is 20.2 Å². The maximum atomic E-state index is 12.1. The number of rotatable bonds is 4. The number of ether oxygens (including phenoxy) is 2. The SMILES string of the molecule is COc1cccc(C(=O)Oc2ccc(-n3cnnn3)cc2)c1. The fourth-order valence-electron chi connectivity index (χ4n) is 1.86. The lowest BCUT2D eigenvalue weighted by atomic mass is 10.2. The van der Waals surface area contributed by atoms with Gasteiger partial charge in [0.15, 0.2) is 0 Å². The van der Waals surface area contributed by atoms with Crippen LogP contribution in [-0.4, -0.2) is 33.3 Å². The summed E-state index contributed by atoms with van der Waals surface area (Å²) in [5.41, 5.74) is 1.19. The van der Waals surface area contributed by atoms with E-state index < -0.39 is 5.97 Å². The molecule has 2 aromatic carbocycles. The summed E-state index contributed by atoms with van der Waals surface area (Å²) < 4.78 is 11.9. The Kier molecular flexibility index (Phi) is 3.78. The van der Waals surface area contributed by atoms with Crippen LogP contribution in [0.4, 0.5) is 0 Å². The van der Waals surface area contributed by atoms with Gasteiger partial charge < -0.3 is 9.47 Å². The summed E-state index contributed by atoms with van der Waals surface area (Å²) >= 11 is 0. The first-order valence-corrected chi connectivity index (χ1v) is 6.46. The fraction of sp³-hybridized carbons (Fsp3) is 0.0667. The van der Waals surface area contributed by atoms with E-state index in [1.807, 2.05) is 0 Å². The number of nitrogens with zero attached hydrogens (tertiary/aromatic N) is 4. The number of esters is 1. The molecule has 1 aromatic heterocycles. The largest absolute Gasteiger partial charge is 0.497 e. The lowest BCUT2D eigenvalue weighted by molar-refractivity contribution is 0.0734. The number of benzene rings is 2. The second-order valence-electron chi connectivity index (χ2n) is 4.37. The Hall–Kier alpha value is -3.22. The van der Waals surface area contributed by atoms with Crippen LogP contribution in [0.5, 0.6) is 11.5 Å². The summed E-state index contributed by atoms with van der Waals surface area (Å²) in [7, 11) is 1.54. The molecule has 0 aliphatic heterocycles. The average Bonchev–Trinajstić information content (AvgIpc) is 3.10. The van der Waals surface area contributed by atoms with E-state index in [1.54, 1.807) is 55.6 Å². The molecule has 0 aliphatic rings. The number of carbonyl (C=O) groups is 1. The summed E-state index contributed by atoms with van der Waals surface area (Å²) in [6, 6.07) is 13.6. The zero-order chi connectivity index (χ0) is 15.4. The van der Waals surface area contributed by atoms with Gasteiger partial charge in [0.05, 0.1) is 18.4 Å². The van der Waals surface area contributed by atoms with Crippen molar-refractivity contribution in [3.05, 3.63) is 60.4 Å². The summed E-state index contributed by atoms with van der Waals surface area (Å²) in [4.78, 5) is 12.1. The molecule has 0 amide bonds. The highest BCUT2D eigenvalue weighted by Crippen LogP contribution is 2.18. The molecule has 110 valence electrons. The van der Waals surface area contributed by atoms with Gasteiger partial charge in [0, 0.05) is 0 Å². The Morgan fingerprint density at radius 1 is 1.09 bits per heavy atom. The minimum absolute atomic E-state index is 0.420. The van der Waals surface area contributed by atoms with Gasteiger partial charge in [-0.15, -0.1) is 5.10 Å². The molecule has 1 heterocycles. The first-order valence-electron chi connectivity index (χ1n) is 6.46.